The van der Waals surface area contributed by atoms with E-state index in [1.165, 1.54) is 12.8 Å². The Morgan fingerprint density at radius 3 is 2.89 bits per heavy atom. The molecule has 4 nitrogen and oxygen atoms in total. The number of rotatable bonds is 6. The summed E-state index contributed by atoms with van der Waals surface area (Å²) in [6.45, 7) is 5.98. The number of unbranched alkanes of at least 4 members (excludes halogenated alkanes) is 1. The number of amides is 1. The third-order valence-electron chi connectivity index (χ3n) is 4.30. The first-order valence-electron chi connectivity index (χ1n) is 7.90. The SMILES string of the molecule is CCCCC1NC(C)N(CCC2CCCCO2)C1=O. The molecule has 0 aliphatic carbocycles. The van der Waals surface area contributed by atoms with E-state index in [1.807, 2.05) is 4.90 Å². The van der Waals surface area contributed by atoms with Crippen LogP contribution in [0.2, 0.25) is 0 Å². The second kappa shape index (κ2) is 7.25. The number of hydrogen-bond donors (Lipinski definition) is 1. The van der Waals surface area contributed by atoms with E-state index in [0.29, 0.717) is 6.10 Å². The zero-order valence-corrected chi connectivity index (χ0v) is 12.4. The molecule has 0 spiro atoms. The molecular formula is C15H28N2O2. The third kappa shape index (κ3) is 3.93. The van der Waals surface area contributed by atoms with Crippen molar-refractivity contribution in [3.05, 3.63) is 0 Å². The molecule has 3 atom stereocenters. The number of ether oxygens (including phenoxy) is 1. The molecule has 19 heavy (non-hydrogen) atoms. The second-order valence-corrected chi connectivity index (χ2v) is 5.85. The van der Waals surface area contributed by atoms with Gasteiger partial charge in [0.2, 0.25) is 5.91 Å². The molecule has 4 heteroatoms. The number of nitrogens with one attached hydrogen (secondary N) is 1. The van der Waals surface area contributed by atoms with E-state index in [1.54, 1.807) is 0 Å². The number of hydrogen-bond acceptors (Lipinski definition) is 3. The third-order valence-corrected chi connectivity index (χ3v) is 4.30. The van der Waals surface area contributed by atoms with Gasteiger partial charge in [0.25, 0.3) is 0 Å². The summed E-state index contributed by atoms with van der Waals surface area (Å²) in [6.07, 6.45) is 8.38. The van der Waals surface area contributed by atoms with Crippen LogP contribution in [0.15, 0.2) is 0 Å². The van der Waals surface area contributed by atoms with E-state index in [0.717, 1.165) is 45.3 Å². The molecule has 1 N–H and O–H groups in total. The normalized spacial score (nSPS) is 32.0. The van der Waals surface area contributed by atoms with Gasteiger partial charge in [0.05, 0.1) is 18.3 Å². The Kier molecular flexibility index (Phi) is 5.64. The lowest BCUT2D eigenvalue weighted by Crippen LogP contribution is -2.37. The molecule has 2 aliphatic heterocycles. The maximum atomic E-state index is 12.3. The molecule has 110 valence electrons. The van der Waals surface area contributed by atoms with Gasteiger partial charge in [-0.25, -0.2) is 0 Å². The first-order chi connectivity index (χ1) is 9.22. The fourth-order valence-electron chi connectivity index (χ4n) is 3.08. The Bertz CT molecular complexity index is 290. The van der Waals surface area contributed by atoms with Gasteiger partial charge >= 0.3 is 0 Å². The summed E-state index contributed by atoms with van der Waals surface area (Å²) in [5.41, 5.74) is 0. The zero-order chi connectivity index (χ0) is 13.7. The van der Waals surface area contributed by atoms with Crippen molar-refractivity contribution in [3.63, 3.8) is 0 Å². The van der Waals surface area contributed by atoms with Gasteiger partial charge in [-0.3, -0.25) is 10.1 Å². The van der Waals surface area contributed by atoms with Crippen LogP contribution in [0.3, 0.4) is 0 Å². The molecule has 2 fully saturated rings. The molecule has 0 saturated carbocycles. The molecule has 2 rings (SSSR count). The fraction of sp³-hybridized carbons (Fsp3) is 0.933. The van der Waals surface area contributed by atoms with Crippen LogP contribution in [0.25, 0.3) is 0 Å². The Morgan fingerprint density at radius 2 is 2.21 bits per heavy atom. The maximum Gasteiger partial charge on any atom is 0.241 e. The van der Waals surface area contributed by atoms with Gasteiger partial charge in [-0.1, -0.05) is 19.8 Å². The average Bonchev–Trinajstić information content (AvgIpc) is 2.70. The lowest BCUT2D eigenvalue weighted by molar-refractivity contribution is -0.130. The second-order valence-electron chi connectivity index (χ2n) is 5.85. The summed E-state index contributed by atoms with van der Waals surface area (Å²) >= 11 is 0. The Morgan fingerprint density at radius 1 is 1.37 bits per heavy atom. The quantitative estimate of drug-likeness (QED) is 0.803. The van der Waals surface area contributed by atoms with Crippen LogP contribution in [0.4, 0.5) is 0 Å². The molecule has 0 aromatic carbocycles. The lowest BCUT2D eigenvalue weighted by atomic mass is 10.1. The van der Waals surface area contributed by atoms with Crippen LogP contribution >= 0.6 is 0 Å². The van der Waals surface area contributed by atoms with Crippen molar-refractivity contribution in [2.75, 3.05) is 13.2 Å². The molecule has 2 aliphatic rings. The molecular weight excluding hydrogens is 240 g/mol. The number of carbonyl (C=O) groups excluding carboxylic acids is 1. The monoisotopic (exact) mass is 268 g/mol. The highest BCUT2D eigenvalue weighted by Crippen LogP contribution is 2.19. The van der Waals surface area contributed by atoms with E-state index >= 15 is 0 Å². The highest BCUT2D eigenvalue weighted by Gasteiger charge is 2.35. The van der Waals surface area contributed by atoms with Gasteiger partial charge < -0.3 is 9.64 Å². The minimum atomic E-state index is 0.0437. The number of nitrogens with zero attached hydrogens (tertiary/aromatic N) is 1. The van der Waals surface area contributed by atoms with Crippen LogP contribution in [-0.4, -0.2) is 42.3 Å². The molecule has 2 saturated heterocycles. The fourth-order valence-corrected chi connectivity index (χ4v) is 3.08. The summed E-state index contributed by atoms with van der Waals surface area (Å²) in [6, 6.07) is 0.0437. The zero-order valence-electron chi connectivity index (χ0n) is 12.4. The largest absolute Gasteiger partial charge is 0.378 e. The van der Waals surface area contributed by atoms with Crippen LogP contribution < -0.4 is 5.32 Å². The summed E-state index contributed by atoms with van der Waals surface area (Å²) in [7, 11) is 0. The predicted octanol–water partition coefficient (Wildman–Crippen LogP) is 2.28. The van der Waals surface area contributed by atoms with E-state index in [2.05, 4.69) is 19.2 Å². The summed E-state index contributed by atoms with van der Waals surface area (Å²) < 4.78 is 5.74. The number of carbonyl (C=O) groups is 1. The molecule has 3 unspecified atom stereocenters. The van der Waals surface area contributed by atoms with Gasteiger partial charge in [-0.05, 0) is 39.0 Å². The van der Waals surface area contributed by atoms with Crippen molar-refractivity contribution in [3.8, 4) is 0 Å². The molecule has 0 bridgehead atoms. The van der Waals surface area contributed by atoms with E-state index in [9.17, 15) is 4.79 Å². The summed E-state index contributed by atoms with van der Waals surface area (Å²) in [5, 5.41) is 3.41. The van der Waals surface area contributed by atoms with Crippen molar-refractivity contribution in [1.29, 1.82) is 0 Å². The van der Waals surface area contributed by atoms with E-state index < -0.39 is 0 Å². The van der Waals surface area contributed by atoms with Gasteiger partial charge in [0.15, 0.2) is 0 Å². The van der Waals surface area contributed by atoms with Crippen LogP contribution in [0.5, 0.6) is 0 Å². The van der Waals surface area contributed by atoms with Crippen LogP contribution in [-0.2, 0) is 9.53 Å². The first-order valence-corrected chi connectivity index (χ1v) is 7.90. The van der Waals surface area contributed by atoms with Crippen molar-refractivity contribution >= 4 is 5.91 Å². The van der Waals surface area contributed by atoms with Gasteiger partial charge in [0.1, 0.15) is 0 Å². The lowest BCUT2D eigenvalue weighted by Gasteiger charge is -2.26. The smallest absolute Gasteiger partial charge is 0.241 e. The van der Waals surface area contributed by atoms with Gasteiger partial charge in [-0.2, -0.15) is 0 Å². The van der Waals surface area contributed by atoms with Crippen molar-refractivity contribution in [2.45, 2.75) is 77.1 Å². The summed E-state index contributed by atoms with van der Waals surface area (Å²) in [4.78, 5) is 14.3. The van der Waals surface area contributed by atoms with Crippen LogP contribution in [0, 0.1) is 0 Å². The standard InChI is InChI=1S/C15H28N2O2/c1-3-4-8-14-15(18)17(12(2)16-14)10-9-13-7-5-6-11-19-13/h12-14,16H,3-11H2,1-2H3. The van der Waals surface area contributed by atoms with Crippen LogP contribution in [0.1, 0.15) is 58.8 Å². The van der Waals surface area contributed by atoms with Gasteiger partial charge in [0, 0.05) is 13.2 Å². The minimum Gasteiger partial charge on any atom is -0.378 e. The summed E-state index contributed by atoms with van der Waals surface area (Å²) in [5.74, 6) is 0.289. The topological polar surface area (TPSA) is 41.6 Å². The van der Waals surface area contributed by atoms with Crippen molar-refractivity contribution in [1.82, 2.24) is 10.2 Å². The molecule has 0 aromatic rings. The first kappa shape index (κ1) is 14.8. The maximum absolute atomic E-state index is 12.3. The minimum absolute atomic E-state index is 0.0437. The Balaban J connectivity index is 1.77. The molecule has 2 heterocycles. The Hall–Kier alpha value is -0.610. The van der Waals surface area contributed by atoms with Crippen molar-refractivity contribution in [2.24, 2.45) is 0 Å². The van der Waals surface area contributed by atoms with E-state index in [-0.39, 0.29) is 18.1 Å². The highest BCUT2D eigenvalue weighted by molar-refractivity contribution is 5.84. The molecule has 0 radical (unpaired) electrons. The molecule has 0 aromatic heterocycles. The van der Waals surface area contributed by atoms with Crippen molar-refractivity contribution < 1.29 is 9.53 Å². The highest BCUT2D eigenvalue weighted by atomic mass is 16.5. The van der Waals surface area contributed by atoms with Gasteiger partial charge in [-0.15, -0.1) is 0 Å². The molecule has 1 amide bonds. The Labute approximate surface area is 116 Å². The average molecular weight is 268 g/mol. The van der Waals surface area contributed by atoms with E-state index in [4.69, 9.17) is 4.74 Å². The predicted molar refractivity (Wildman–Crippen MR) is 75.8 cm³/mol.